The van der Waals surface area contributed by atoms with Crippen LogP contribution in [0.1, 0.15) is 52.3 Å². The fourth-order valence-corrected chi connectivity index (χ4v) is 4.03. The summed E-state index contributed by atoms with van der Waals surface area (Å²) in [5, 5.41) is 15.4. The minimum atomic E-state index is -0.432. The molecule has 2 aromatic rings. The summed E-state index contributed by atoms with van der Waals surface area (Å²) in [5.74, 6) is 1.75. The van der Waals surface area contributed by atoms with Crippen LogP contribution < -0.4 is 10.0 Å². The number of carbonyl (C=O) groups is 1. The Labute approximate surface area is 167 Å². The van der Waals surface area contributed by atoms with Crippen molar-refractivity contribution in [1.82, 2.24) is 0 Å². The number of benzene rings is 1. The van der Waals surface area contributed by atoms with Gasteiger partial charge in [-0.15, -0.1) is 12.3 Å². The van der Waals surface area contributed by atoms with Gasteiger partial charge in [-0.05, 0) is 52.0 Å². The van der Waals surface area contributed by atoms with Gasteiger partial charge in [0, 0.05) is 36.0 Å². The smallest absolute Gasteiger partial charge is 0.263 e. The Hall–Kier alpha value is -2.39. The van der Waals surface area contributed by atoms with E-state index in [1.165, 1.54) is 12.1 Å². The molecule has 1 heterocycles. The van der Waals surface area contributed by atoms with Crippen LogP contribution >= 0.6 is 15.9 Å². The molecule has 0 atom stereocenters. The van der Waals surface area contributed by atoms with Gasteiger partial charge in [0.05, 0.1) is 0 Å². The minimum absolute atomic E-state index is 0.228. The molecule has 0 unspecified atom stereocenters. The standard InChI is InChI=1S/C21H22BrFN2O2/c1-6-9-17-12(4)25(27)13(5)18(19(17)22)21(26)24-20-14(7-2)10-16(23)11-15(20)8-3/h1,10-11H,7-9H2,2-5H3,(H,24,26). The van der Waals surface area contributed by atoms with Gasteiger partial charge < -0.3 is 10.5 Å². The molecule has 0 saturated carbocycles. The first-order chi connectivity index (χ1) is 12.8. The number of hydrogen-bond acceptors (Lipinski definition) is 2. The van der Waals surface area contributed by atoms with Crippen LogP contribution in [0, 0.1) is 37.2 Å². The van der Waals surface area contributed by atoms with Crippen LogP contribution in [-0.2, 0) is 19.3 Å². The van der Waals surface area contributed by atoms with Crippen LogP contribution in [0.3, 0.4) is 0 Å². The van der Waals surface area contributed by atoms with E-state index in [4.69, 9.17) is 6.42 Å². The van der Waals surface area contributed by atoms with Crippen LogP contribution in [0.5, 0.6) is 0 Å². The minimum Gasteiger partial charge on any atom is -0.618 e. The summed E-state index contributed by atoms with van der Waals surface area (Å²) >= 11 is 3.45. The lowest BCUT2D eigenvalue weighted by molar-refractivity contribution is -0.619. The molecular formula is C21H22BrFN2O2. The zero-order valence-electron chi connectivity index (χ0n) is 15.9. The van der Waals surface area contributed by atoms with Gasteiger partial charge in [-0.1, -0.05) is 13.8 Å². The van der Waals surface area contributed by atoms with Crippen LogP contribution in [0.15, 0.2) is 16.6 Å². The van der Waals surface area contributed by atoms with Gasteiger partial charge >= 0.3 is 0 Å². The number of amides is 1. The highest BCUT2D eigenvalue weighted by Crippen LogP contribution is 2.29. The zero-order valence-corrected chi connectivity index (χ0v) is 17.5. The van der Waals surface area contributed by atoms with Crippen molar-refractivity contribution in [3.05, 3.63) is 61.3 Å². The summed E-state index contributed by atoms with van der Waals surface area (Å²) in [6.07, 6.45) is 6.77. The van der Waals surface area contributed by atoms with E-state index in [0.717, 1.165) is 4.73 Å². The number of carbonyl (C=O) groups excluding carboxylic acids is 1. The van der Waals surface area contributed by atoms with Crippen molar-refractivity contribution in [2.75, 3.05) is 5.32 Å². The molecule has 0 fully saturated rings. The summed E-state index contributed by atoms with van der Waals surface area (Å²) in [4.78, 5) is 13.1. The topological polar surface area (TPSA) is 56.0 Å². The summed E-state index contributed by atoms with van der Waals surface area (Å²) in [7, 11) is 0. The number of hydrogen-bond donors (Lipinski definition) is 1. The molecule has 6 heteroatoms. The van der Waals surface area contributed by atoms with E-state index in [1.54, 1.807) is 13.8 Å². The lowest BCUT2D eigenvalue weighted by atomic mass is 10.0. The summed E-state index contributed by atoms with van der Waals surface area (Å²) in [5.41, 5.74) is 3.58. The molecule has 27 heavy (non-hydrogen) atoms. The molecule has 0 spiro atoms. The molecule has 1 aromatic heterocycles. The zero-order chi connectivity index (χ0) is 20.3. The average Bonchev–Trinajstić information content (AvgIpc) is 2.64. The first kappa shape index (κ1) is 20.9. The first-order valence-corrected chi connectivity index (χ1v) is 9.53. The maximum Gasteiger partial charge on any atom is 0.263 e. The van der Waals surface area contributed by atoms with E-state index in [2.05, 4.69) is 27.2 Å². The Morgan fingerprint density at radius 3 is 2.30 bits per heavy atom. The molecule has 0 aliphatic rings. The largest absolute Gasteiger partial charge is 0.618 e. The molecule has 4 nitrogen and oxygen atoms in total. The predicted octanol–water partition coefficient (Wildman–Crippen LogP) is 4.39. The third-order valence-corrected chi connectivity index (χ3v) is 5.54. The summed E-state index contributed by atoms with van der Waals surface area (Å²) in [6, 6.07) is 2.84. The molecule has 0 saturated heterocycles. The van der Waals surface area contributed by atoms with Crippen molar-refractivity contribution < 1.29 is 13.9 Å². The van der Waals surface area contributed by atoms with E-state index in [0.29, 0.717) is 45.4 Å². The molecule has 1 amide bonds. The van der Waals surface area contributed by atoms with Crippen LogP contribution in [0.25, 0.3) is 0 Å². The van der Waals surface area contributed by atoms with E-state index >= 15 is 0 Å². The number of pyridine rings is 1. The Morgan fingerprint density at radius 1 is 1.26 bits per heavy atom. The van der Waals surface area contributed by atoms with Crippen LogP contribution in [-0.4, -0.2) is 5.91 Å². The van der Waals surface area contributed by atoms with Crippen molar-refractivity contribution in [1.29, 1.82) is 0 Å². The number of aryl methyl sites for hydroxylation is 2. The van der Waals surface area contributed by atoms with E-state index < -0.39 is 5.91 Å². The lowest BCUT2D eigenvalue weighted by Crippen LogP contribution is -2.38. The van der Waals surface area contributed by atoms with Crippen LogP contribution in [0.2, 0.25) is 0 Å². The molecule has 0 bridgehead atoms. The van der Waals surface area contributed by atoms with Gasteiger partial charge in [-0.2, -0.15) is 4.73 Å². The first-order valence-electron chi connectivity index (χ1n) is 8.73. The fourth-order valence-electron chi connectivity index (χ4n) is 3.14. The second-order valence-electron chi connectivity index (χ2n) is 6.27. The highest BCUT2D eigenvalue weighted by Gasteiger charge is 2.27. The van der Waals surface area contributed by atoms with Crippen molar-refractivity contribution in [3.63, 3.8) is 0 Å². The van der Waals surface area contributed by atoms with Gasteiger partial charge in [0.15, 0.2) is 5.69 Å². The maximum atomic E-state index is 13.8. The van der Waals surface area contributed by atoms with Gasteiger partial charge in [0.25, 0.3) is 5.91 Å². The Kier molecular flexibility index (Phi) is 6.61. The summed E-state index contributed by atoms with van der Waals surface area (Å²) < 4.78 is 15.1. The number of rotatable bonds is 5. The number of nitrogens with zero attached hydrogens (tertiary/aromatic N) is 1. The number of halogens is 2. The van der Waals surface area contributed by atoms with Crippen molar-refractivity contribution in [2.24, 2.45) is 0 Å². The third-order valence-electron chi connectivity index (χ3n) is 4.66. The molecule has 1 N–H and O–H groups in total. The maximum absolute atomic E-state index is 13.8. The van der Waals surface area contributed by atoms with Crippen molar-refractivity contribution in [3.8, 4) is 12.3 Å². The highest BCUT2D eigenvalue weighted by molar-refractivity contribution is 9.10. The quantitative estimate of drug-likeness (QED) is 0.432. The molecule has 2 rings (SSSR count). The summed E-state index contributed by atoms with van der Waals surface area (Å²) in [6.45, 7) is 7.05. The van der Waals surface area contributed by atoms with Crippen molar-refractivity contribution in [2.45, 2.75) is 47.0 Å². The molecule has 142 valence electrons. The lowest BCUT2D eigenvalue weighted by Gasteiger charge is -2.18. The van der Waals surface area contributed by atoms with Gasteiger partial charge in [-0.3, -0.25) is 4.79 Å². The molecule has 0 aliphatic heterocycles. The molecular weight excluding hydrogens is 411 g/mol. The molecule has 0 radical (unpaired) electrons. The van der Waals surface area contributed by atoms with Gasteiger partial charge in [0.1, 0.15) is 11.4 Å². The fraction of sp³-hybridized carbons (Fsp3) is 0.333. The van der Waals surface area contributed by atoms with E-state index in [1.807, 2.05) is 13.8 Å². The second kappa shape index (κ2) is 8.53. The molecule has 0 aliphatic carbocycles. The predicted molar refractivity (Wildman–Crippen MR) is 108 cm³/mol. The normalized spacial score (nSPS) is 10.6. The van der Waals surface area contributed by atoms with E-state index in [-0.39, 0.29) is 23.5 Å². The highest BCUT2D eigenvalue weighted by atomic mass is 79.9. The molecule has 1 aromatic carbocycles. The average molecular weight is 433 g/mol. The Morgan fingerprint density at radius 2 is 1.81 bits per heavy atom. The number of nitrogens with one attached hydrogen (secondary N) is 1. The monoisotopic (exact) mass is 432 g/mol. The third kappa shape index (κ3) is 3.98. The second-order valence-corrected chi connectivity index (χ2v) is 7.07. The number of terminal acetylenes is 1. The Bertz CT molecular complexity index is 923. The SMILES string of the molecule is C#CCc1c(Br)c(C(=O)Nc2c(CC)cc(F)cc2CC)c(C)[n+]([O-])c1C. The van der Waals surface area contributed by atoms with Gasteiger partial charge in [-0.25, -0.2) is 4.39 Å². The van der Waals surface area contributed by atoms with Crippen LogP contribution in [0.4, 0.5) is 10.1 Å². The van der Waals surface area contributed by atoms with E-state index in [9.17, 15) is 14.4 Å². The Balaban J connectivity index is 2.60. The number of aromatic nitrogens is 1. The number of anilines is 1. The van der Waals surface area contributed by atoms with Gasteiger partial charge in [0.2, 0.25) is 5.69 Å². The van der Waals surface area contributed by atoms with Crippen molar-refractivity contribution >= 4 is 27.5 Å².